The van der Waals surface area contributed by atoms with Gasteiger partial charge in [0.15, 0.2) is 5.82 Å². The quantitative estimate of drug-likeness (QED) is 0.557. The lowest BCUT2D eigenvalue weighted by atomic mass is 9.85. The maximum atomic E-state index is 13.3. The van der Waals surface area contributed by atoms with Crippen LogP contribution in [0.15, 0.2) is 30.5 Å². The molecule has 1 fully saturated rings. The number of anilines is 1. The van der Waals surface area contributed by atoms with E-state index in [4.69, 9.17) is 11.6 Å². The van der Waals surface area contributed by atoms with Crippen molar-refractivity contribution in [2.24, 2.45) is 11.8 Å². The van der Waals surface area contributed by atoms with E-state index in [-0.39, 0.29) is 43.2 Å². The number of benzene rings is 1. The molecule has 4 heterocycles. The molecular formula is C22H22ClF3N6O. The standard InChI is InChI=1S/C22H22ClF3N6O/c1-13-11-30(18-4-6-27-17-10-14(23)2-3-16(17)18)7-5-15(13)20(33)31-8-9-32-19(12-31)28-29-21(32)22(24,25)26/h2-4,6,10,13,15H,5,7-9,11-12H2,1H3/t13-,15+/m1/s1. The monoisotopic (exact) mass is 478 g/mol. The highest BCUT2D eigenvalue weighted by Crippen LogP contribution is 2.34. The second-order valence-electron chi connectivity index (χ2n) is 8.66. The van der Waals surface area contributed by atoms with Crippen molar-refractivity contribution in [2.45, 2.75) is 32.6 Å². The largest absolute Gasteiger partial charge is 0.451 e. The molecule has 11 heteroatoms. The molecule has 7 nitrogen and oxygen atoms in total. The van der Waals surface area contributed by atoms with Crippen molar-refractivity contribution in [2.75, 3.05) is 24.5 Å². The number of aromatic nitrogens is 4. The number of hydrogen-bond acceptors (Lipinski definition) is 5. The molecule has 174 valence electrons. The molecule has 2 atom stereocenters. The number of carbonyl (C=O) groups excluding carboxylic acids is 1. The summed E-state index contributed by atoms with van der Waals surface area (Å²) in [5, 5.41) is 8.61. The van der Waals surface area contributed by atoms with Gasteiger partial charge in [0.1, 0.15) is 0 Å². The molecular weight excluding hydrogens is 457 g/mol. The zero-order chi connectivity index (χ0) is 23.3. The first-order valence-corrected chi connectivity index (χ1v) is 11.2. The molecule has 33 heavy (non-hydrogen) atoms. The fourth-order valence-corrected chi connectivity index (χ4v) is 5.07. The van der Waals surface area contributed by atoms with Crippen LogP contribution in [0.1, 0.15) is 25.0 Å². The topological polar surface area (TPSA) is 67.2 Å². The van der Waals surface area contributed by atoms with Gasteiger partial charge in [-0.15, -0.1) is 10.2 Å². The molecule has 0 aliphatic carbocycles. The lowest BCUT2D eigenvalue weighted by molar-refractivity contribution is -0.148. The van der Waals surface area contributed by atoms with E-state index >= 15 is 0 Å². The van der Waals surface area contributed by atoms with Gasteiger partial charge in [-0.3, -0.25) is 9.78 Å². The Bertz CT molecular complexity index is 1210. The average molecular weight is 479 g/mol. The first-order chi connectivity index (χ1) is 15.7. The number of piperidine rings is 1. The number of amides is 1. The highest BCUT2D eigenvalue weighted by Gasteiger charge is 2.41. The fraction of sp³-hybridized carbons (Fsp3) is 0.455. The summed E-state index contributed by atoms with van der Waals surface area (Å²) in [6, 6.07) is 7.61. The van der Waals surface area contributed by atoms with Crippen molar-refractivity contribution in [1.29, 1.82) is 0 Å². The van der Waals surface area contributed by atoms with Gasteiger partial charge in [-0.25, -0.2) is 0 Å². The Morgan fingerprint density at radius 2 is 1.97 bits per heavy atom. The number of hydrogen-bond donors (Lipinski definition) is 0. The lowest BCUT2D eigenvalue weighted by Gasteiger charge is -2.40. The van der Waals surface area contributed by atoms with Gasteiger partial charge in [-0.2, -0.15) is 13.2 Å². The molecule has 2 aromatic heterocycles. The van der Waals surface area contributed by atoms with E-state index in [1.807, 2.05) is 31.2 Å². The molecule has 2 aliphatic heterocycles. The van der Waals surface area contributed by atoms with Crippen LogP contribution in [0.25, 0.3) is 10.9 Å². The molecule has 3 aromatic rings. The normalized spacial score (nSPS) is 21.4. The maximum absolute atomic E-state index is 13.3. The summed E-state index contributed by atoms with van der Waals surface area (Å²) in [4.78, 5) is 21.5. The summed E-state index contributed by atoms with van der Waals surface area (Å²) in [5.41, 5.74) is 1.88. The molecule has 5 rings (SSSR count). The van der Waals surface area contributed by atoms with E-state index in [1.54, 1.807) is 11.1 Å². The van der Waals surface area contributed by atoms with Gasteiger partial charge in [0.05, 0.1) is 12.1 Å². The van der Waals surface area contributed by atoms with Crippen LogP contribution in [0.3, 0.4) is 0 Å². The van der Waals surface area contributed by atoms with Gasteiger partial charge in [-0.05, 0) is 36.6 Å². The predicted octanol–water partition coefficient (Wildman–Crippen LogP) is 4.00. The maximum Gasteiger partial charge on any atom is 0.451 e. The molecule has 1 aromatic carbocycles. The Morgan fingerprint density at radius 1 is 1.15 bits per heavy atom. The summed E-state index contributed by atoms with van der Waals surface area (Å²) in [6.07, 6.45) is -2.13. The Morgan fingerprint density at radius 3 is 2.73 bits per heavy atom. The molecule has 0 saturated carbocycles. The molecule has 1 saturated heterocycles. The summed E-state index contributed by atoms with van der Waals surface area (Å²) in [6.45, 7) is 3.75. The van der Waals surface area contributed by atoms with Crippen LogP contribution in [0.5, 0.6) is 0 Å². The Labute approximate surface area is 193 Å². The van der Waals surface area contributed by atoms with E-state index < -0.39 is 12.0 Å². The first-order valence-electron chi connectivity index (χ1n) is 10.8. The molecule has 0 spiro atoms. The first kappa shape index (κ1) is 21.9. The van der Waals surface area contributed by atoms with Gasteiger partial charge in [0.2, 0.25) is 11.7 Å². The number of nitrogens with zero attached hydrogens (tertiary/aromatic N) is 6. The van der Waals surface area contributed by atoms with Gasteiger partial charge in [-0.1, -0.05) is 18.5 Å². The number of carbonyl (C=O) groups is 1. The van der Waals surface area contributed by atoms with Crippen LogP contribution in [0.4, 0.5) is 18.9 Å². The van der Waals surface area contributed by atoms with Crippen molar-refractivity contribution in [3.63, 3.8) is 0 Å². The van der Waals surface area contributed by atoms with Crippen molar-refractivity contribution >= 4 is 34.1 Å². The van der Waals surface area contributed by atoms with Gasteiger partial charge < -0.3 is 14.4 Å². The van der Waals surface area contributed by atoms with Crippen LogP contribution in [0.2, 0.25) is 5.02 Å². The van der Waals surface area contributed by atoms with Crippen LogP contribution in [-0.2, 0) is 24.1 Å². The molecule has 0 N–H and O–H groups in total. The van der Waals surface area contributed by atoms with E-state index in [2.05, 4.69) is 20.1 Å². The molecule has 2 aliphatic rings. The van der Waals surface area contributed by atoms with Crippen molar-refractivity contribution in [3.8, 4) is 0 Å². The van der Waals surface area contributed by atoms with Crippen molar-refractivity contribution in [1.82, 2.24) is 24.6 Å². The number of pyridine rings is 1. The molecule has 0 unspecified atom stereocenters. The smallest absolute Gasteiger partial charge is 0.371 e. The van der Waals surface area contributed by atoms with Crippen LogP contribution in [0, 0.1) is 11.8 Å². The zero-order valence-corrected chi connectivity index (χ0v) is 18.6. The number of alkyl halides is 3. The van der Waals surface area contributed by atoms with Crippen molar-refractivity contribution < 1.29 is 18.0 Å². The second kappa shape index (κ2) is 8.16. The Hall–Kier alpha value is -2.88. The minimum Gasteiger partial charge on any atom is -0.371 e. The van der Waals surface area contributed by atoms with Crippen LogP contribution < -0.4 is 4.90 Å². The zero-order valence-electron chi connectivity index (χ0n) is 17.9. The van der Waals surface area contributed by atoms with E-state index in [0.717, 1.165) is 21.2 Å². The predicted molar refractivity (Wildman–Crippen MR) is 117 cm³/mol. The Balaban J connectivity index is 1.29. The van der Waals surface area contributed by atoms with Gasteiger partial charge in [0.25, 0.3) is 0 Å². The minimum atomic E-state index is -4.55. The summed E-state index contributed by atoms with van der Waals surface area (Å²) >= 11 is 6.10. The number of fused-ring (bicyclic) bond motifs is 2. The highest BCUT2D eigenvalue weighted by molar-refractivity contribution is 6.31. The SMILES string of the molecule is C[C@@H]1CN(c2ccnc3cc(Cl)ccc23)CC[C@@H]1C(=O)N1CCn2c(nnc2C(F)(F)F)C1. The summed E-state index contributed by atoms with van der Waals surface area (Å²) in [5.74, 6) is -0.977. The summed E-state index contributed by atoms with van der Waals surface area (Å²) < 4.78 is 40.3. The second-order valence-corrected chi connectivity index (χ2v) is 9.10. The van der Waals surface area contributed by atoms with Crippen LogP contribution in [-0.4, -0.2) is 50.2 Å². The fourth-order valence-electron chi connectivity index (χ4n) is 4.90. The van der Waals surface area contributed by atoms with E-state index in [1.165, 1.54) is 0 Å². The van der Waals surface area contributed by atoms with Crippen molar-refractivity contribution in [3.05, 3.63) is 47.1 Å². The third-order valence-electron chi connectivity index (χ3n) is 6.56. The highest BCUT2D eigenvalue weighted by atomic mass is 35.5. The van der Waals surface area contributed by atoms with Crippen LogP contribution >= 0.6 is 11.6 Å². The third kappa shape index (κ3) is 4.01. The van der Waals surface area contributed by atoms with Gasteiger partial charge in [0, 0.05) is 54.4 Å². The van der Waals surface area contributed by atoms with E-state index in [0.29, 0.717) is 24.5 Å². The number of halogens is 4. The Kier molecular flexibility index (Phi) is 5.43. The number of rotatable bonds is 2. The molecule has 0 radical (unpaired) electrons. The minimum absolute atomic E-state index is 0.0312. The molecule has 1 amide bonds. The molecule has 0 bridgehead atoms. The van der Waals surface area contributed by atoms with E-state index in [9.17, 15) is 18.0 Å². The third-order valence-corrected chi connectivity index (χ3v) is 6.80. The average Bonchev–Trinajstić information content (AvgIpc) is 3.22. The van der Waals surface area contributed by atoms with Gasteiger partial charge >= 0.3 is 6.18 Å². The lowest BCUT2D eigenvalue weighted by Crippen LogP contribution is -2.49. The summed E-state index contributed by atoms with van der Waals surface area (Å²) in [7, 11) is 0.